The Balaban J connectivity index is 2.34. The molecule has 0 aromatic heterocycles. The van der Waals surface area contributed by atoms with Crippen LogP contribution in [0.15, 0.2) is 42.5 Å². The molecule has 0 bridgehead atoms. The van der Waals surface area contributed by atoms with Crippen LogP contribution in [0.2, 0.25) is 0 Å². The van der Waals surface area contributed by atoms with E-state index in [0.717, 1.165) is 11.1 Å². The van der Waals surface area contributed by atoms with Gasteiger partial charge >= 0.3 is 0 Å². The number of anilines is 1. The number of carbonyl (C=O) groups excluding carboxylic acids is 1. The summed E-state index contributed by atoms with van der Waals surface area (Å²) in [5.74, 6) is -0.497. The highest BCUT2D eigenvalue weighted by Gasteiger charge is 2.16. The van der Waals surface area contributed by atoms with Crippen LogP contribution in [0.1, 0.15) is 28.4 Å². The lowest BCUT2D eigenvalue weighted by Crippen LogP contribution is -2.20. The maximum atomic E-state index is 14.0. The summed E-state index contributed by atoms with van der Waals surface area (Å²) < 4.78 is 14.0. The third kappa shape index (κ3) is 3.05. The van der Waals surface area contributed by atoms with Gasteiger partial charge in [0.2, 0.25) is 0 Å². The van der Waals surface area contributed by atoms with Crippen molar-refractivity contribution in [3.63, 3.8) is 0 Å². The van der Waals surface area contributed by atoms with Crippen molar-refractivity contribution in [3.05, 3.63) is 65.0 Å². The van der Waals surface area contributed by atoms with Gasteiger partial charge in [0.15, 0.2) is 5.78 Å². The summed E-state index contributed by atoms with van der Waals surface area (Å²) >= 11 is 0. The Labute approximate surface area is 118 Å². The van der Waals surface area contributed by atoms with Gasteiger partial charge in [-0.05, 0) is 31.5 Å². The Morgan fingerprint density at radius 2 is 1.90 bits per heavy atom. The first-order valence-electron chi connectivity index (χ1n) is 6.55. The Morgan fingerprint density at radius 3 is 2.55 bits per heavy atom. The van der Waals surface area contributed by atoms with Gasteiger partial charge < -0.3 is 4.90 Å². The minimum atomic E-state index is -0.368. The van der Waals surface area contributed by atoms with E-state index in [1.54, 1.807) is 24.1 Å². The molecule has 0 amide bonds. The van der Waals surface area contributed by atoms with Crippen LogP contribution in [0.5, 0.6) is 0 Å². The summed E-state index contributed by atoms with van der Waals surface area (Å²) in [4.78, 5) is 13.4. The molecule has 0 spiro atoms. The number of hydrogen-bond acceptors (Lipinski definition) is 2. The highest BCUT2D eigenvalue weighted by molar-refractivity contribution is 5.99. The van der Waals surface area contributed by atoms with Crippen LogP contribution in [-0.4, -0.2) is 12.8 Å². The SMILES string of the molecule is CC(=O)c1cccc(F)c1N(C)Cc1cccc(C)c1. The fourth-order valence-corrected chi connectivity index (χ4v) is 2.35. The molecule has 3 heteroatoms. The largest absolute Gasteiger partial charge is 0.367 e. The lowest BCUT2D eigenvalue weighted by atomic mass is 10.1. The zero-order valence-electron chi connectivity index (χ0n) is 12.0. The van der Waals surface area contributed by atoms with E-state index in [1.807, 2.05) is 25.1 Å². The van der Waals surface area contributed by atoms with E-state index in [0.29, 0.717) is 17.8 Å². The first kappa shape index (κ1) is 14.3. The molecule has 2 rings (SSSR count). The molecule has 0 aliphatic carbocycles. The normalized spacial score (nSPS) is 10.4. The van der Waals surface area contributed by atoms with Gasteiger partial charge in [-0.1, -0.05) is 35.9 Å². The number of nitrogens with zero attached hydrogens (tertiary/aromatic N) is 1. The molecule has 0 fully saturated rings. The fraction of sp³-hybridized carbons (Fsp3) is 0.235. The van der Waals surface area contributed by atoms with Crippen molar-refractivity contribution in [1.29, 1.82) is 0 Å². The molecular formula is C17H18FNO. The van der Waals surface area contributed by atoms with Crippen molar-refractivity contribution in [2.75, 3.05) is 11.9 Å². The van der Waals surface area contributed by atoms with E-state index in [-0.39, 0.29) is 11.6 Å². The Kier molecular flexibility index (Phi) is 4.18. The molecular weight excluding hydrogens is 253 g/mol. The quantitative estimate of drug-likeness (QED) is 0.784. The molecule has 0 saturated carbocycles. The number of para-hydroxylation sites is 1. The molecule has 0 aliphatic heterocycles. The van der Waals surface area contributed by atoms with Crippen molar-refractivity contribution in [3.8, 4) is 0 Å². The van der Waals surface area contributed by atoms with Crippen LogP contribution in [0, 0.1) is 12.7 Å². The van der Waals surface area contributed by atoms with Crippen molar-refractivity contribution in [2.24, 2.45) is 0 Å². The number of halogens is 1. The molecule has 20 heavy (non-hydrogen) atoms. The zero-order chi connectivity index (χ0) is 14.7. The van der Waals surface area contributed by atoms with Crippen LogP contribution in [0.25, 0.3) is 0 Å². The number of benzene rings is 2. The van der Waals surface area contributed by atoms with Crippen molar-refractivity contribution >= 4 is 11.5 Å². The number of rotatable bonds is 4. The molecule has 104 valence electrons. The molecule has 2 aromatic rings. The van der Waals surface area contributed by atoms with Crippen molar-refractivity contribution in [2.45, 2.75) is 20.4 Å². The second-order valence-corrected chi connectivity index (χ2v) is 5.04. The number of ketones is 1. The molecule has 2 aromatic carbocycles. The van der Waals surface area contributed by atoms with E-state index in [9.17, 15) is 9.18 Å². The van der Waals surface area contributed by atoms with Crippen LogP contribution in [-0.2, 0) is 6.54 Å². The summed E-state index contributed by atoms with van der Waals surface area (Å²) in [5, 5.41) is 0. The molecule has 0 atom stereocenters. The third-order valence-electron chi connectivity index (χ3n) is 3.25. The first-order chi connectivity index (χ1) is 9.49. The minimum Gasteiger partial charge on any atom is -0.367 e. The van der Waals surface area contributed by atoms with E-state index < -0.39 is 0 Å². The number of hydrogen-bond donors (Lipinski definition) is 0. The van der Waals surface area contributed by atoms with Crippen molar-refractivity contribution in [1.82, 2.24) is 0 Å². The Hall–Kier alpha value is -2.16. The predicted octanol–water partition coefficient (Wildman–Crippen LogP) is 3.97. The Morgan fingerprint density at radius 1 is 1.20 bits per heavy atom. The molecule has 0 heterocycles. The average molecular weight is 271 g/mol. The van der Waals surface area contributed by atoms with E-state index in [1.165, 1.54) is 13.0 Å². The van der Waals surface area contributed by atoms with E-state index >= 15 is 0 Å². The molecule has 0 aliphatic rings. The number of aryl methyl sites for hydroxylation is 1. The van der Waals surface area contributed by atoms with Gasteiger partial charge in [0.1, 0.15) is 5.82 Å². The van der Waals surface area contributed by atoms with Gasteiger partial charge in [-0.3, -0.25) is 4.79 Å². The van der Waals surface area contributed by atoms with Gasteiger partial charge in [-0.2, -0.15) is 0 Å². The lowest BCUT2D eigenvalue weighted by Gasteiger charge is -2.22. The zero-order valence-corrected chi connectivity index (χ0v) is 12.0. The minimum absolute atomic E-state index is 0.129. The number of carbonyl (C=O) groups is 1. The van der Waals surface area contributed by atoms with Crippen LogP contribution in [0.3, 0.4) is 0 Å². The standard InChI is InChI=1S/C17H18FNO/c1-12-6-4-7-14(10-12)11-19(3)17-15(13(2)20)8-5-9-16(17)18/h4-10H,11H2,1-3H3. The second kappa shape index (κ2) is 5.87. The third-order valence-corrected chi connectivity index (χ3v) is 3.25. The molecule has 2 nitrogen and oxygen atoms in total. The van der Waals surface area contributed by atoms with Gasteiger partial charge in [0, 0.05) is 19.2 Å². The van der Waals surface area contributed by atoms with Crippen molar-refractivity contribution < 1.29 is 9.18 Å². The highest BCUT2D eigenvalue weighted by atomic mass is 19.1. The number of Topliss-reactive ketones (excluding diaryl/α,β-unsaturated/α-hetero) is 1. The second-order valence-electron chi connectivity index (χ2n) is 5.04. The Bertz CT molecular complexity index is 637. The molecule has 0 unspecified atom stereocenters. The summed E-state index contributed by atoms with van der Waals surface area (Å²) in [6.45, 7) is 4.04. The molecule has 0 saturated heterocycles. The summed E-state index contributed by atoms with van der Waals surface area (Å²) in [7, 11) is 1.80. The maximum absolute atomic E-state index is 14.0. The smallest absolute Gasteiger partial charge is 0.161 e. The summed E-state index contributed by atoms with van der Waals surface area (Å²) in [6.07, 6.45) is 0. The van der Waals surface area contributed by atoms with Gasteiger partial charge in [0.25, 0.3) is 0 Å². The maximum Gasteiger partial charge on any atom is 0.161 e. The average Bonchev–Trinajstić information content (AvgIpc) is 2.38. The summed E-state index contributed by atoms with van der Waals surface area (Å²) in [6, 6.07) is 12.7. The highest BCUT2D eigenvalue weighted by Crippen LogP contribution is 2.25. The van der Waals surface area contributed by atoms with Crippen LogP contribution in [0.4, 0.5) is 10.1 Å². The topological polar surface area (TPSA) is 20.3 Å². The van der Waals surface area contributed by atoms with Crippen LogP contribution >= 0.6 is 0 Å². The fourth-order valence-electron chi connectivity index (χ4n) is 2.35. The van der Waals surface area contributed by atoms with Crippen LogP contribution < -0.4 is 4.90 Å². The van der Waals surface area contributed by atoms with Gasteiger partial charge in [-0.25, -0.2) is 4.39 Å². The predicted molar refractivity (Wildman–Crippen MR) is 79.7 cm³/mol. The van der Waals surface area contributed by atoms with E-state index in [2.05, 4.69) is 6.07 Å². The lowest BCUT2D eigenvalue weighted by molar-refractivity contribution is 0.101. The molecule has 0 radical (unpaired) electrons. The van der Waals surface area contributed by atoms with Gasteiger partial charge in [-0.15, -0.1) is 0 Å². The van der Waals surface area contributed by atoms with E-state index in [4.69, 9.17) is 0 Å². The summed E-state index contributed by atoms with van der Waals surface area (Å²) in [5.41, 5.74) is 3.03. The first-order valence-corrected chi connectivity index (χ1v) is 6.55. The monoisotopic (exact) mass is 271 g/mol. The van der Waals surface area contributed by atoms with Gasteiger partial charge in [0.05, 0.1) is 5.69 Å². The molecule has 0 N–H and O–H groups in total.